The third-order valence-corrected chi connectivity index (χ3v) is 12.2. The average Bonchev–Trinajstić information content (AvgIpc) is 3.06. The Morgan fingerprint density at radius 1 is 0.909 bits per heavy atom. The first-order chi connectivity index (χ1) is 15.1. The Hall–Kier alpha value is -0.380. The van der Waals surface area contributed by atoms with Crippen LogP contribution < -0.4 is 0 Å². The molecule has 0 radical (unpaired) electrons. The normalized spacial score (nSPS) is 49.8. The van der Waals surface area contributed by atoms with Gasteiger partial charge < -0.3 is 15.3 Å². The number of allylic oxidation sites excluding steroid dienone is 2. The van der Waals surface area contributed by atoms with E-state index >= 15 is 0 Å². The zero-order chi connectivity index (χ0) is 24.6. The second-order valence-corrected chi connectivity index (χ2v) is 14.6. The van der Waals surface area contributed by atoms with E-state index in [9.17, 15) is 15.3 Å². The van der Waals surface area contributed by atoms with Gasteiger partial charge in [-0.25, -0.2) is 0 Å². The van der Waals surface area contributed by atoms with Gasteiger partial charge in [0, 0.05) is 0 Å². The van der Waals surface area contributed by atoms with Crippen molar-refractivity contribution in [1.82, 2.24) is 0 Å². The van der Waals surface area contributed by atoms with Gasteiger partial charge in [0.2, 0.25) is 0 Å². The Morgan fingerprint density at radius 2 is 1.55 bits per heavy atom. The van der Waals surface area contributed by atoms with Gasteiger partial charge in [-0.15, -0.1) is 0 Å². The van der Waals surface area contributed by atoms with Crippen LogP contribution >= 0.6 is 0 Å². The molecule has 9 atom stereocenters. The monoisotopic (exact) mass is 460 g/mol. The Kier molecular flexibility index (Phi) is 6.28. The van der Waals surface area contributed by atoms with Gasteiger partial charge in [-0.05, 0) is 124 Å². The van der Waals surface area contributed by atoms with Gasteiger partial charge in [0.05, 0.1) is 17.8 Å². The Bertz CT molecular complexity index is 778. The van der Waals surface area contributed by atoms with Crippen molar-refractivity contribution in [3.05, 3.63) is 11.6 Å². The molecule has 3 N–H and O–H groups in total. The second-order valence-electron chi connectivity index (χ2n) is 14.6. The van der Waals surface area contributed by atoms with Gasteiger partial charge in [0.1, 0.15) is 0 Å². The fraction of sp³-hybridized carbons (Fsp3) is 0.933. The standard InChI is InChI=1S/C30H52O3/c1-19(10-9-14-26(2,3)33)20-11-16-30(8)25(20)21(31)18-23-28(6)15-13-24(32)27(4,5)22(28)12-17-29(23,30)7/h10,20-25,31-33H,9,11-18H2,1-8H3. The van der Waals surface area contributed by atoms with Crippen LogP contribution in [0.25, 0.3) is 0 Å². The van der Waals surface area contributed by atoms with Crippen molar-refractivity contribution < 1.29 is 15.3 Å². The van der Waals surface area contributed by atoms with Crippen molar-refractivity contribution in [3.8, 4) is 0 Å². The van der Waals surface area contributed by atoms with E-state index in [1.807, 2.05) is 13.8 Å². The minimum Gasteiger partial charge on any atom is -0.393 e. The molecular weight excluding hydrogens is 408 g/mol. The van der Waals surface area contributed by atoms with E-state index in [1.165, 1.54) is 31.3 Å². The molecule has 4 saturated carbocycles. The Morgan fingerprint density at radius 3 is 2.18 bits per heavy atom. The summed E-state index contributed by atoms with van der Waals surface area (Å²) in [7, 11) is 0. The average molecular weight is 461 g/mol. The fourth-order valence-electron chi connectivity index (χ4n) is 10.1. The molecule has 0 aromatic carbocycles. The summed E-state index contributed by atoms with van der Waals surface area (Å²) in [5.41, 5.74) is 1.34. The summed E-state index contributed by atoms with van der Waals surface area (Å²) in [6.07, 6.45) is 11.3. The maximum absolute atomic E-state index is 11.7. The van der Waals surface area contributed by atoms with Crippen molar-refractivity contribution in [3.63, 3.8) is 0 Å². The molecule has 0 spiro atoms. The maximum atomic E-state index is 11.7. The number of hydrogen-bond donors (Lipinski definition) is 3. The molecule has 0 aromatic rings. The van der Waals surface area contributed by atoms with Crippen LogP contribution in [-0.4, -0.2) is 33.1 Å². The van der Waals surface area contributed by atoms with E-state index in [2.05, 4.69) is 47.6 Å². The van der Waals surface area contributed by atoms with E-state index in [1.54, 1.807) is 0 Å². The SMILES string of the molecule is CC(=CCCC(C)(C)O)C1CCC2(C)C1C(O)CC1C3(C)CCC(O)C(C)(C)C3CCC12C. The topological polar surface area (TPSA) is 60.7 Å². The summed E-state index contributed by atoms with van der Waals surface area (Å²) in [6, 6.07) is 0. The van der Waals surface area contributed by atoms with Crippen molar-refractivity contribution >= 4 is 0 Å². The summed E-state index contributed by atoms with van der Waals surface area (Å²) < 4.78 is 0. The highest BCUT2D eigenvalue weighted by molar-refractivity contribution is 5.22. The molecular formula is C30H52O3. The maximum Gasteiger partial charge on any atom is 0.0594 e. The number of hydrogen-bond acceptors (Lipinski definition) is 3. The van der Waals surface area contributed by atoms with Crippen LogP contribution in [0.3, 0.4) is 0 Å². The molecule has 4 fully saturated rings. The molecule has 0 saturated heterocycles. The lowest BCUT2D eigenvalue weighted by molar-refractivity contribution is -0.240. The van der Waals surface area contributed by atoms with Crippen molar-refractivity contribution in [2.75, 3.05) is 0 Å². The lowest BCUT2D eigenvalue weighted by atomic mass is 9.35. The number of aliphatic hydroxyl groups excluding tert-OH is 2. The molecule has 3 heteroatoms. The van der Waals surface area contributed by atoms with Crippen molar-refractivity contribution in [1.29, 1.82) is 0 Å². The minimum absolute atomic E-state index is 0.0466. The largest absolute Gasteiger partial charge is 0.393 e. The molecule has 4 aliphatic carbocycles. The zero-order valence-corrected chi connectivity index (χ0v) is 22.7. The molecule has 0 bridgehead atoms. The van der Waals surface area contributed by atoms with Crippen LogP contribution in [0.4, 0.5) is 0 Å². The molecule has 190 valence electrons. The second kappa shape index (κ2) is 8.07. The van der Waals surface area contributed by atoms with Crippen molar-refractivity contribution in [2.24, 2.45) is 45.3 Å². The first-order valence-corrected chi connectivity index (χ1v) is 13.8. The number of aliphatic hydroxyl groups is 3. The van der Waals surface area contributed by atoms with E-state index < -0.39 is 5.60 Å². The highest BCUT2D eigenvalue weighted by atomic mass is 16.3. The highest BCUT2D eigenvalue weighted by Gasteiger charge is 2.70. The van der Waals surface area contributed by atoms with Gasteiger partial charge in [0.25, 0.3) is 0 Å². The van der Waals surface area contributed by atoms with Crippen LogP contribution in [0.2, 0.25) is 0 Å². The third kappa shape index (κ3) is 3.78. The summed E-state index contributed by atoms with van der Waals surface area (Å²) in [6.45, 7) is 18.2. The molecule has 4 aliphatic rings. The van der Waals surface area contributed by atoms with Crippen LogP contribution in [0.15, 0.2) is 11.6 Å². The van der Waals surface area contributed by atoms with E-state index in [-0.39, 0.29) is 33.9 Å². The summed E-state index contributed by atoms with van der Waals surface area (Å²) in [5, 5.41) is 32.7. The smallest absolute Gasteiger partial charge is 0.0594 e. The fourth-order valence-corrected chi connectivity index (χ4v) is 10.1. The third-order valence-electron chi connectivity index (χ3n) is 12.2. The zero-order valence-electron chi connectivity index (χ0n) is 22.7. The minimum atomic E-state index is -0.624. The Labute approximate surface area is 203 Å². The highest BCUT2D eigenvalue weighted by Crippen LogP contribution is 2.75. The van der Waals surface area contributed by atoms with Crippen LogP contribution in [0, 0.1) is 45.3 Å². The lowest BCUT2D eigenvalue weighted by Crippen LogP contribution is -2.66. The van der Waals surface area contributed by atoms with Gasteiger partial charge in [-0.1, -0.05) is 46.3 Å². The van der Waals surface area contributed by atoms with Gasteiger partial charge in [-0.2, -0.15) is 0 Å². The molecule has 0 amide bonds. The summed E-state index contributed by atoms with van der Waals surface area (Å²) in [4.78, 5) is 0. The van der Waals surface area contributed by atoms with E-state index in [0.717, 1.165) is 32.1 Å². The predicted octanol–water partition coefficient (Wildman–Crippen LogP) is 6.50. The first kappa shape index (κ1) is 25.7. The molecule has 9 unspecified atom stereocenters. The van der Waals surface area contributed by atoms with Crippen LogP contribution in [0.1, 0.15) is 113 Å². The first-order valence-electron chi connectivity index (χ1n) is 13.8. The van der Waals surface area contributed by atoms with Gasteiger partial charge >= 0.3 is 0 Å². The Balaban J connectivity index is 1.64. The summed E-state index contributed by atoms with van der Waals surface area (Å²) in [5.74, 6) is 1.84. The van der Waals surface area contributed by atoms with Crippen LogP contribution in [0.5, 0.6) is 0 Å². The number of rotatable bonds is 4. The van der Waals surface area contributed by atoms with Gasteiger partial charge in [0.15, 0.2) is 0 Å². The molecule has 3 nitrogen and oxygen atoms in total. The summed E-state index contributed by atoms with van der Waals surface area (Å²) >= 11 is 0. The predicted molar refractivity (Wildman–Crippen MR) is 136 cm³/mol. The van der Waals surface area contributed by atoms with E-state index in [4.69, 9.17) is 0 Å². The lowest BCUT2D eigenvalue weighted by Gasteiger charge is -2.70. The molecule has 0 heterocycles. The quantitative estimate of drug-likeness (QED) is 0.420. The molecule has 4 rings (SSSR count). The number of fused-ring (bicyclic) bond motifs is 5. The molecule has 0 aliphatic heterocycles. The molecule has 33 heavy (non-hydrogen) atoms. The molecule has 0 aromatic heterocycles. The van der Waals surface area contributed by atoms with Crippen LogP contribution in [-0.2, 0) is 0 Å². The van der Waals surface area contributed by atoms with E-state index in [0.29, 0.717) is 23.7 Å². The van der Waals surface area contributed by atoms with Gasteiger partial charge in [-0.3, -0.25) is 0 Å². The van der Waals surface area contributed by atoms with Crippen molar-refractivity contribution in [2.45, 2.75) is 131 Å².